The summed E-state index contributed by atoms with van der Waals surface area (Å²) >= 11 is 1.01. The molecule has 0 aliphatic rings. The zero-order chi connectivity index (χ0) is 6.85. The summed E-state index contributed by atoms with van der Waals surface area (Å²) in [5.41, 5.74) is 0. The summed E-state index contributed by atoms with van der Waals surface area (Å²) in [5, 5.41) is 7.16. The van der Waals surface area contributed by atoms with Crippen molar-refractivity contribution >= 4 is 11.3 Å². The molecule has 0 fully saturated rings. The smallest absolute Gasteiger partial charge is 0.171 e. The fourth-order valence-corrected chi connectivity index (χ4v) is 1.02. The van der Waals surface area contributed by atoms with E-state index in [0.29, 0.717) is 0 Å². The van der Waals surface area contributed by atoms with E-state index in [1.165, 1.54) is 0 Å². The molecule has 0 unspecified atom stereocenters. The Hall–Kier alpha value is -0.510. The van der Waals surface area contributed by atoms with Crippen molar-refractivity contribution in [2.24, 2.45) is 0 Å². The summed E-state index contributed by atoms with van der Waals surface area (Å²) in [6.45, 7) is 3.92. The van der Waals surface area contributed by atoms with Crippen molar-refractivity contribution in [1.82, 2.24) is 10.2 Å². The third kappa shape index (κ3) is 1.45. The largest absolute Gasteiger partial charge is 0.289 e. The van der Waals surface area contributed by atoms with Gasteiger partial charge in [-0.1, -0.05) is 25.2 Å². The lowest BCUT2D eigenvalue weighted by Crippen LogP contribution is -1.83. The zero-order valence-corrected chi connectivity index (χ0v) is 6.07. The Labute approximate surface area is 56.7 Å². The minimum atomic E-state index is -0.446. The van der Waals surface area contributed by atoms with Gasteiger partial charge in [-0.2, -0.15) is 4.39 Å². The Morgan fingerprint density at radius 2 is 2.11 bits per heavy atom. The summed E-state index contributed by atoms with van der Waals surface area (Å²) in [6, 6.07) is 0. The standard InChI is InChI=1S/C5H7FN2S/c1-3(2)4-7-8-5(6)9-4/h3H,1-2H3. The molecular weight excluding hydrogens is 139 g/mol. The number of hydrogen-bond acceptors (Lipinski definition) is 3. The molecule has 0 saturated carbocycles. The lowest BCUT2D eigenvalue weighted by Gasteiger charge is -1.92. The van der Waals surface area contributed by atoms with Gasteiger partial charge in [-0.25, -0.2) is 0 Å². The van der Waals surface area contributed by atoms with Gasteiger partial charge < -0.3 is 0 Å². The minimum Gasteiger partial charge on any atom is -0.171 e. The Morgan fingerprint density at radius 1 is 1.44 bits per heavy atom. The fraction of sp³-hybridized carbons (Fsp3) is 0.600. The predicted octanol–water partition coefficient (Wildman–Crippen LogP) is 1.80. The van der Waals surface area contributed by atoms with Crippen molar-refractivity contribution in [3.8, 4) is 0 Å². The van der Waals surface area contributed by atoms with Crippen LogP contribution in [0, 0.1) is 5.26 Å². The molecule has 2 nitrogen and oxygen atoms in total. The van der Waals surface area contributed by atoms with Crippen molar-refractivity contribution in [3.05, 3.63) is 10.3 Å². The molecular formula is C5H7FN2S. The molecule has 50 valence electrons. The first-order valence-electron chi connectivity index (χ1n) is 2.69. The van der Waals surface area contributed by atoms with E-state index >= 15 is 0 Å². The maximum atomic E-state index is 12.1. The second-order valence-electron chi connectivity index (χ2n) is 2.05. The van der Waals surface area contributed by atoms with Crippen LogP contribution >= 0.6 is 11.3 Å². The molecule has 4 heteroatoms. The van der Waals surface area contributed by atoms with Gasteiger partial charge in [0.05, 0.1) is 0 Å². The SMILES string of the molecule is CC(C)c1nnc(F)s1. The van der Waals surface area contributed by atoms with Gasteiger partial charge in [0.2, 0.25) is 0 Å². The summed E-state index contributed by atoms with van der Waals surface area (Å²) in [5.74, 6) is 0.284. The highest BCUT2D eigenvalue weighted by molar-refractivity contribution is 7.09. The fourth-order valence-electron chi connectivity index (χ4n) is 0.449. The van der Waals surface area contributed by atoms with Gasteiger partial charge in [-0.05, 0) is 0 Å². The average Bonchev–Trinajstić information content (AvgIpc) is 2.14. The van der Waals surface area contributed by atoms with Crippen molar-refractivity contribution < 1.29 is 4.39 Å². The highest BCUT2D eigenvalue weighted by Gasteiger charge is 2.05. The second-order valence-corrected chi connectivity index (χ2v) is 3.01. The first-order chi connectivity index (χ1) is 4.20. The minimum absolute atomic E-state index is 0.284. The van der Waals surface area contributed by atoms with Crippen LogP contribution < -0.4 is 0 Å². The summed E-state index contributed by atoms with van der Waals surface area (Å²) in [7, 11) is 0. The van der Waals surface area contributed by atoms with Crippen LogP contribution in [-0.4, -0.2) is 10.2 Å². The van der Waals surface area contributed by atoms with Gasteiger partial charge >= 0.3 is 0 Å². The molecule has 0 radical (unpaired) electrons. The molecule has 0 amide bonds. The van der Waals surface area contributed by atoms with Crippen LogP contribution in [-0.2, 0) is 0 Å². The molecule has 0 aliphatic carbocycles. The molecule has 1 rings (SSSR count). The van der Waals surface area contributed by atoms with Crippen molar-refractivity contribution in [2.45, 2.75) is 19.8 Å². The highest BCUT2D eigenvalue weighted by Crippen LogP contribution is 2.16. The molecule has 0 saturated heterocycles. The molecule has 0 aliphatic heterocycles. The number of aromatic nitrogens is 2. The number of halogens is 1. The van der Waals surface area contributed by atoms with Crippen molar-refractivity contribution in [3.63, 3.8) is 0 Å². The average molecular weight is 146 g/mol. The van der Waals surface area contributed by atoms with E-state index in [0.717, 1.165) is 16.3 Å². The van der Waals surface area contributed by atoms with Gasteiger partial charge in [0, 0.05) is 5.92 Å². The van der Waals surface area contributed by atoms with E-state index in [4.69, 9.17) is 0 Å². The van der Waals surface area contributed by atoms with Gasteiger partial charge in [-0.15, -0.1) is 10.2 Å². The summed E-state index contributed by atoms with van der Waals surface area (Å²) < 4.78 is 12.1. The van der Waals surface area contributed by atoms with Gasteiger partial charge in [0.25, 0.3) is 5.26 Å². The lowest BCUT2D eigenvalue weighted by atomic mass is 10.2. The molecule has 1 aromatic rings. The first-order valence-corrected chi connectivity index (χ1v) is 3.50. The van der Waals surface area contributed by atoms with Gasteiger partial charge in [0.15, 0.2) is 0 Å². The van der Waals surface area contributed by atoms with Crippen LogP contribution in [0.2, 0.25) is 0 Å². The quantitative estimate of drug-likeness (QED) is 0.603. The second kappa shape index (κ2) is 2.39. The van der Waals surface area contributed by atoms with Gasteiger partial charge in [-0.3, -0.25) is 0 Å². The molecule has 0 N–H and O–H groups in total. The zero-order valence-electron chi connectivity index (χ0n) is 5.26. The highest BCUT2D eigenvalue weighted by atomic mass is 32.1. The Bertz CT molecular complexity index is 197. The normalized spacial score (nSPS) is 10.7. The van der Waals surface area contributed by atoms with Crippen molar-refractivity contribution in [2.75, 3.05) is 0 Å². The van der Waals surface area contributed by atoms with E-state index < -0.39 is 5.26 Å². The number of hydrogen-bond donors (Lipinski definition) is 0. The summed E-state index contributed by atoms with van der Waals surface area (Å²) in [6.07, 6.45) is 0. The van der Waals surface area contributed by atoms with E-state index in [2.05, 4.69) is 10.2 Å². The predicted molar refractivity (Wildman–Crippen MR) is 34.0 cm³/mol. The Balaban J connectivity index is 2.85. The van der Waals surface area contributed by atoms with Crippen LogP contribution in [0.3, 0.4) is 0 Å². The molecule has 0 spiro atoms. The van der Waals surface area contributed by atoms with Crippen LogP contribution in [0.4, 0.5) is 4.39 Å². The van der Waals surface area contributed by atoms with Crippen molar-refractivity contribution in [1.29, 1.82) is 0 Å². The molecule has 0 aromatic carbocycles. The van der Waals surface area contributed by atoms with Gasteiger partial charge in [0.1, 0.15) is 5.01 Å². The molecule has 1 heterocycles. The van der Waals surface area contributed by atoms with E-state index in [1.807, 2.05) is 13.8 Å². The molecule has 0 atom stereocenters. The van der Waals surface area contributed by atoms with Crippen LogP contribution in [0.15, 0.2) is 0 Å². The Morgan fingerprint density at radius 3 is 2.33 bits per heavy atom. The van der Waals surface area contributed by atoms with E-state index in [1.54, 1.807) is 0 Å². The topological polar surface area (TPSA) is 25.8 Å². The first kappa shape index (κ1) is 6.61. The van der Waals surface area contributed by atoms with E-state index in [9.17, 15) is 4.39 Å². The number of nitrogens with zero attached hydrogens (tertiary/aromatic N) is 2. The van der Waals surface area contributed by atoms with Crippen LogP contribution in [0.1, 0.15) is 24.8 Å². The molecule has 9 heavy (non-hydrogen) atoms. The molecule has 1 aromatic heterocycles. The maximum Gasteiger partial charge on any atom is 0.289 e. The van der Waals surface area contributed by atoms with Crippen LogP contribution in [0.5, 0.6) is 0 Å². The number of rotatable bonds is 1. The lowest BCUT2D eigenvalue weighted by molar-refractivity contribution is 0.599. The Kier molecular flexibility index (Phi) is 1.75. The molecule has 0 bridgehead atoms. The third-order valence-electron chi connectivity index (χ3n) is 0.910. The summed E-state index contributed by atoms with van der Waals surface area (Å²) in [4.78, 5) is 0. The third-order valence-corrected chi connectivity index (χ3v) is 1.92. The van der Waals surface area contributed by atoms with Crippen LogP contribution in [0.25, 0.3) is 0 Å². The maximum absolute atomic E-state index is 12.1. The monoisotopic (exact) mass is 146 g/mol. The van der Waals surface area contributed by atoms with E-state index in [-0.39, 0.29) is 5.92 Å².